The lowest BCUT2D eigenvalue weighted by Crippen LogP contribution is -2.61. The molecule has 0 spiro atoms. The average Bonchev–Trinajstić information content (AvgIpc) is 3.41. The SMILES string of the molecule is CN[C@@H](C)C(=O)N[C@H]1CN(C(=O)CCn2ccnc2)CC[C@H]2CC[C@@H](C=O)N2C1=O. The highest BCUT2D eigenvalue weighted by molar-refractivity contribution is 5.92. The molecule has 0 unspecified atom stereocenters. The second kappa shape index (κ2) is 9.84. The molecule has 0 aromatic carbocycles. The van der Waals surface area contributed by atoms with Crippen molar-refractivity contribution in [3.05, 3.63) is 18.7 Å². The third-order valence-electron chi connectivity index (χ3n) is 6.03. The van der Waals surface area contributed by atoms with Gasteiger partial charge in [0.15, 0.2) is 0 Å². The number of aldehydes is 1. The number of likely N-dealkylation sites (N-methyl/N-ethyl adjacent to an activating group) is 1. The molecule has 10 nitrogen and oxygen atoms in total. The lowest BCUT2D eigenvalue weighted by Gasteiger charge is -2.38. The maximum Gasteiger partial charge on any atom is 0.247 e. The molecule has 1 aromatic rings. The minimum absolute atomic E-state index is 0.0733. The van der Waals surface area contributed by atoms with E-state index in [4.69, 9.17) is 0 Å². The number of nitrogens with zero attached hydrogens (tertiary/aromatic N) is 4. The Morgan fingerprint density at radius 2 is 2.13 bits per heavy atom. The zero-order valence-corrected chi connectivity index (χ0v) is 17.5. The fraction of sp³-hybridized carbons (Fsp3) is 0.650. The van der Waals surface area contributed by atoms with Gasteiger partial charge in [-0.05, 0) is 33.2 Å². The van der Waals surface area contributed by atoms with Crippen LogP contribution in [0.1, 0.15) is 32.6 Å². The van der Waals surface area contributed by atoms with Crippen molar-refractivity contribution in [2.24, 2.45) is 0 Å². The third-order valence-corrected chi connectivity index (χ3v) is 6.03. The summed E-state index contributed by atoms with van der Waals surface area (Å²) in [5.74, 6) is -0.685. The van der Waals surface area contributed by atoms with Crippen molar-refractivity contribution in [1.82, 2.24) is 30.0 Å². The molecule has 0 radical (unpaired) electrons. The van der Waals surface area contributed by atoms with E-state index < -0.39 is 18.1 Å². The number of aryl methyl sites for hydroxylation is 1. The minimum atomic E-state index is -0.881. The van der Waals surface area contributed by atoms with Gasteiger partial charge < -0.3 is 29.8 Å². The molecule has 3 amide bonds. The Morgan fingerprint density at radius 3 is 2.80 bits per heavy atom. The van der Waals surface area contributed by atoms with Crippen LogP contribution in [0.2, 0.25) is 0 Å². The number of carbonyl (C=O) groups is 4. The van der Waals surface area contributed by atoms with Crippen LogP contribution in [0.5, 0.6) is 0 Å². The van der Waals surface area contributed by atoms with Crippen LogP contribution in [-0.4, -0.2) is 87.7 Å². The summed E-state index contributed by atoms with van der Waals surface area (Å²) in [5, 5.41) is 5.63. The summed E-state index contributed by atoms with van der Waals surface area (Å²) < 4.78 is 1.83. The molecule has 0 aliphatic carbocycles. The summed E-state index contributed by atoms with van der Waals surface area (Å²) in [5.41, 5.74) is 0. The molecular weight excluding hydrogens is 388 g/mol. The van der Waals surface area contributed by atoms with Gasteiger partial charge in [0.25, 0.3) is 0 Å². The number of hydrogen-bond donors (Lipinski definition) is 2. The fourth-order valence-corrected chi connectivity index (χ4v) is 4.11. The van der Waals surface area contributed by atoms with Gasteiger partial charge in [0, 0.05) is 44.5 Å². The Bertz CT molecular complexity index is 767. The third kappa shape index (κ3) is 4.86. The largest absolute Gasteiger partial charge is 0.341 e. The van der Waals surface area contributed by atoms with Crippen LogP contribution in [0.15, 0.2) is 18.7 Å². The first kappa shape index (κ1) is 21.9. The van der Waals surface area contributed by atoms with Crippen molar-refractivity contribution in [1.29, 1.82) is 0 Å². The van der Waals surface area contributed by atoms with E-state index in [0.29, 0.717) is 25.9 Å². The van der Waals surface area contributed by atoms with E-state index in [0.717, 1.165) is 12.7 Å². The minimum Gasteiger partial charge on any atom is -0.341 e. The molecule has 0 bridgehead atoms. The first-order chi connectivity index (χ1) is 14.4. The molecule has 2 aliphatic rings. The Kier molecular flexibility index (Phi) is 7.20. The molecule has 30 heavy (non-hydrogen) atoms. The first-order valence-corrected chi connectivity index (χ1v) is 10.4. The maximum absolute atomic E-state index is 13.3. The standard InChI is InChI=1S/C20H30N6O4/c1-14(21-2)19(29)23-17-11-25(18(28)6-8-24-10-7-22-13-24)9-5-15-3-4-16(12-27)26(15)20(17)30/h7,10,12-17,21H,3-6,8-9,11H2,1-2H3,(H,23,29)/t14-,15+,16-,17-/m0/s1. The van der Waals surface area contributed by atoms with Crippen molar-refractivity contribution >= 4 is 24.0 Å². The van der Waals surface area contributed by atoms with Crippen molar-refractivity contribution in [2.75, 3.05) is 20.1 Å². The Hall–Kier alpha value is -2.75. The molecule has 3 heterocycles. The summed E-state index contributed by atoms with van der Waals surface area (Å²) in [6.45, 7) is 2.78. The van der Waals surface area contributed by atoms with E-state index in [9.17, 15) is 19.2 Å². The van der Waals surface area contributed by atoms with Crippen LogP contribution >= 0.6 is 0 Å². The average molecular weight is 418 g/mol. The van der Waals surface area contributed by atoms with E-state index in [1.165, 1.54) is 0 Å². The molecule has 3 rings (SSSR count). The van der Waals surface area contributed by atoms with Gasteiger partial charge in [-0.15, -0.1) is 0 Å². The Morgan fingerprint density at radius 1 is 1.33 bits per heavy atom. The summed E-state index contributed by atoms with van der Waals surface area (Å²) in [4.78, 5) is 57.4. The molecular formula is C20H30N6O4. The lowest BCUT2D eigenvalue weighted by molar-refractivity contribution is -0.145. The van der Waals surface area contributed by atoms with Crippen molar-refractivity contribution < 1.29 is 19.2 Å². The van der Waals surface area contributed by atoms with Gasteiger partial charge in [-0.1, -0.05) is 0 Å². The molecule has 2 fully saturated rings. The lowest BCUT2D eigenvalue weighted by atomic mass is 10.1. The van der Waals surface area contributed by atoms with E-state index in [-0.39, 0.29) is 36.7 Å². The summed E-state index contributed by atoms with van der Waals surface area (Å²) >= 11 is 0. The van der Waals surface area contributed by atoms with Crippen molar-refractivity contribution in [3.63, 3.8) is 0 Å². The first-order valence-electron chi connectivity index (χ1n) is 10.4. The number of nitrogens with one attached hydrogen (secondary N) is 2. The number of hydrogen-bond acceptors (Lipinski definition) is 6. The molecule has 4 atom stereocenters. The van der Waals surface area contributed by atoms with Crippen LogP contribution in [0.25, 0.3) is 0 Å². The van der Waals surface area contributed by atoms with Crippen molar-refractivity contribution in [2.45, 2.75) is 63.3 Å². The summed E-state index contributed by atoms with van der Waals surface area (Å²) in [7, 11) is 1.66. The van der Waals surface area contributed by atoms with Crippen LogP contribution in [0.3, 0.4) is 0 Å². The monoisotopic (exact) mass is 418 g/mol. The van der Waals surface area contributed by atoms with Gasteiger partial charge in [0.1, 0.15) is 12.3 Å². The van der Waals surface area contributed by atoms with E-state index >= 15 is 0 Å². The summed E-state index contributed by atoms with van der Waals surface area (Å²) in [6.07, 6.45) is 8.16. The van der Waals surface area contributed by atoms with Crippen LogP contribution in [-0.2, 0) is 25.7 Å². The number of amides is 3. The Labute approximate surface area is 176 Å². The van der Waals surface area contributed by atoms with E-state index in [2.05, 4.69) is 15.6 Å². The van der Waals surface area contributed by atoms with Crippen LogP contribution in [0.4, 0.5) is 0 Å². The number of rotatable bonds is 7. The number of carbonyl (C=O) groups excluding carboxylic acids is 4. The Balaban J connectivity index is 1.76. The highest BCUT2D eigenvalue weighted by Gasteiger charge is 2.42. The van der Waals surface area contributed by atoms with Gasteiger partial charge in [0.05, 0.1) is 18.4 Å². The number of aromatic nitrogens is 2. The highest BCUT2D eigenvalue weighted by Crippen LogP contribution is 2.28. The topological polar surface area (TPSA) is 117 Å². The molecule has 1 aromatic heterocycles. The van der Waals surface area contributed by atoms with E-state index in [1.807, 2.05) is 4.57 Å². The normalized spacial score (nSPS) is 25.3. The molecule has 10 heteroatoms. The number of fused-ring (bicyclic) bond motifs is 1. The fourth-order valence-electron chi connectivity index (χ4n) is 4.11. The molecule has 164 valence electrons. The molecule has 2 N–H and O–H groups in total. The predicted molar refractivity (Wildman–Crippen MR) is 108 cm³/mol. The zero-order valence-electron chi connectivity index (χ0n) is 17.5. The second-order valence-corrected chi connectivity index (χ2v) is 7.93. The van der Waals surface area contributed by atoms with Crippen LogP contribution in [0, 0.1) is 0 Å². The zero-order chi connectivity index (χ0) is 21.7. The van der Waals surface area contributed by atoms with E-state index in [1.54, 1.807) is 42.5 Å². The smallest absolute Gasteiger partial charge is 0.247 e. The predicted octanol–water partition coefficient (Wildman–Crippen LogP) is -0.843. The van der Waals surface area contributed by atoms with Gasteiger partial charge in [-0.3, -0.25) is 14.4 Å². The maximum atomic E-state index is 13.3. The molecule has 2 aliphatic heterocycles. The van der Waals surface area contributed by atoms with Gasteiger partial charge in [0.2, 0.25) is 17.7 Å². The second-order valence-electron chi connectivity index (χ2n) is 7.93. The van der Waals surface area contributed by atoms with Gasteiger partial charge >= 0.3 is 0 Å². The highest BCUT2D eigenvalue weighted by atomic mass is 16.2. The molecule has 2 saturated heterocycles. The van der Waals surface area contributed by atoms with Crippen LogP contribution < -0.4 is 10.6 Å². The number of imidazole rings is 1. The molecule has 0 saturated carbocycles. The van der Waals surface area contributed by atoms with Gasteiger partial charge in [-0.25, -0.2) is 4.98 Å². The van der Waals surface area contributed by atoms with Crippen molar-refractivity contribution in [3.8, 4) is 0 Å². The summed E-state index contributed by atoms with van der Waals surface area (Å²) in [6, 6.07) is -1.93. The quantitative estimate of drug-likeness (QED) is 0.558. The van der Waals surface area contributed by atoms with Gasteiger partial charge in [-0.2, -0.15) is 0 Å².